The van der Waals surface area contributed by atoms with E-state index in [0.29, 0.717) is 18.0 Å². The Balaban J connectivity index is 1.21. The van der Waals surface area contributed by atoms with Crippen molar-refractivity contribution in [2.24, 2.45) is 0 Å². The van der Waals surface area contributed by atoms with E-state index in [0.717, 1.165) is 55.2 Å². The molecule has 0 unspecified atom stereocenters. The van der Waals surface area contributed by atoms with Crippen LogP contribution < -0.4 is 10.2 Å². The first-order chi connectivity index (χ1) is 17.4. The molecule has 0 bridgehead atoms. The van der Waals surface area contributed by atoms with Crippen molar-refractivity contribution in [3.8, 4) is 11.5 Å². The molecule has 0 saturated carbocycles. The van der Waals surface area contributed by atoms with Gasteiger partial charge in [-0.1, -0.05) is 18.2 Å². The zero-order valence-electron chi connectivity index (χ0n) is 21.5. The molecule has 4 aromatic rings. The number of nitrogens with zero attached hydrogens (tertiary/aromatic N) is 4. The molecule has 0 aliphatic carbocycles. The molecule has 0 spiro atoms. The standard InChI is InChI=1S/C29H33N5O2/c1-5-34-20(3)25(19(2)32-34)14-16-30-28(35)23-10-12-24(13-11-23)29-31-26(21(4)36-29)18-33-17-15-22-8-6-7-9-27(22)33/h6-13H,5,14-18H2,1-4H3,(H,30,35). The van der Waals surface area contributed by atoms with Crippen LogP contribution in [0.3, 0.4) is 0 Å². The van der Waals surface area contributed by atoms with Crippen LogP contribution >= 0.6 is 0 Å². The molecule has 1 amide bonds. The predicted molar refractivity (Wildman–Crippen MR) is 141 cm³/mol. The molecule has 1 aliphatic heterocycles. The zero-order valence-corrected chi connectivity index (χ0v) is 21.5. The smallest absolute Gasteiger partial charge is 0.251 e. The van der Waals surface area contributed by atoms with Crippen molar-refractivity contribution in [3.63, 3.8) is 0 Å². The first kappa shape index (κ1) is 23.9. The number of hydrogen-bond donors (Lipinski definition) is 1. The highest BCUT2D eigenvalue weighted by molar-refractivity contribution is 5.94. The molecule has 0 saturated heterocycles. The fraction of sp³-hybridized carbons (Fsp3) is 0.345. The van der Waals surface area contributed by atoms with E-state index in [-0.39, 0.29) is 5.91 Å². The monoisotopic (exact) mass is 483 g/mol. The fourth-order valence-corrected chi connectivity index (χ4v) is 5.02. The number of aromatic nitrogens is 3. The first-order valence-corrected chi connectivity index (χ1v) is 12.6. The number of para-hydroxylation sites is 1. The second-order valence-electron chi connectivity index (χ2n) is 9.37. The molecule has 0 radical (unpaired) electrons. The number of nitrogens with one attached hydrogen (secondary N) is 1. The summed E-state index contributed by atoms with van der Waals surface area (Å²) < 4.78 is 8.01. The molecule has 0 atom stereocenters. The largest absolute Gasteiger partial charge is 0.441 e. The predicted octanol–water partition coefficient (Wildman–Crippen LogP) is 5.02. The molecule has 5 rings (SSSR count). The van der Waals surface area contributed by atoms with Crippen LogP contribution in [0.2, 0.25) is 0 Å². The van der Waals surface area contributed by atoms with Gasteiger partial charge in [0.2, 0.25) is 5.89 Å². The van der Waals surface area contributed by atoms with E-state index in [4.69, 9.17) is 9.40 Å². The number of hydrogen-bond acceptors (Lipinski definition) is 5. The first-order valence-electron chi connectivity index (χ1n) is 12.6. The highest BCUT2D eigenvalue weighted by Crippen LogP contribution is 2.30. The lowest BCUT2D eigenvalue weighted by atomic mass is 10.1. The van der Waals surface area contributed by atoms with Crippen molar-refractivity contribution in [1.82, 2.24) is 20.1 Å². The molecule has 2 aromatic heterocycles. The highest BCUT2D eigenvalue weighted by atomic mass is 16.4. The molecule has 0 fully saturated rings. The Morgan fingerprint density at radius 3 is 2.61 bits per heavy atom. The van der Waals surface area contributed by atoms with Crippen LogP contribution in [-0.4, -0.2) is 33.8 Å². The van der Waals surface area contributed by atoms with Gasteiger partial charge in [-0.15, -0.1) is 0 Å². The van der Waals surface area contributed by atoms with Crippen LogP contribution in [0.4, 0.5) is 5.69 Å². The zero-order chi connectivity index (χ0) is 25.2. The van der Waals surface area contributed by atoms with E-state index in [1.54, 1.807) is 0 Å². The average Bonchev–Trinajstić information content (AvgIpc) is 3.55. The third-order valence-electron chi connectivity index (χ3n) is 7.10. The maximum absolute atomic E-state index is 12.7. The van der Waals surface area contributed by atoms with Gasteiger partial charge in [0.05, 0.1) is 12.2 Å². The number of carbonyl (C=O) groups excluding carboxylic acids is 1. The molecular formula is C29H33N5O2. The minimum Gasteiger partial charge on any atom is -0.441 e. The number of oxazole rings is 1. The van der Waals surface area contributed by atoms with Gasteiger partial charge in [-0.05, 0) is 82.0 Å². The summed E-state index contributed by atoms with van der Waals surface area (Å²) >= 11 is 0. The Labute approximate surface area is 212 Å². The van der Waals surface area contributed by atoms with Gasteiger partial charge in [0, 0.05) is 42.1 Å². The number of aryl methyl sites for hydroxylation is 3. The van der Waals surface area contributed by atoms with E-state index >= 15 is 0 Å². The summed E-state index contributed by atoms with van der Waals surface area (Å²) in [6.07, 6.45) is 1.83. The van der Waals surface area contributed by atoms with Crippen molar-refractivity contribution in [2.75, 3.05) is 18.0 Å². The lowest BCUT2D eigenvalue weighted by Crippen LogP contribution is -2.25. The van der Waals surface area contributed by atoms with Gasteiger partial charge in [-0.25, -0.2) is 4.98 Å². The minimum absolute atomic E-state index is 0.0864. The Bertz CT molecular complexity index is 1380. The molecule has 3 heterocycles. The van der Waals surface area contributed by atoms with E-state index in [1.807, 2.05) is 42.8 Å². The Morgan fingerprint density at radius 1 is 1.08 bits per heavy atom. The van der Waals surface area contributed by atoms with Gasteiger partial charge in [0.1, 0.15) is 11.5 Å². The van der Waals surface area contributed by atoms with Crippen LogP contribution in [0, 0.1) is 20.8 Å². The van der Waals surface area contributed by atoms with Crippen LogP contribution in [-0.2, 0) is 25.9 Å². The minimum atomic E-state index is -0.0864. The van der Waals surface area contributed by atoms with Gasteiger partial charge in [0.15, 0.2) is 0 Å². The summed E-state index contributed by atoms with van der Waals surface area (Å²) in [6.45, 7) is 11.3. The van der Waals surface area contributed by atoms with Crippen LogP contribution in [0.1, 0.15) is 51.3 Å². The van der Waals surface area contributed by atoms with Crippen LogP contribution in [0.25, 0.3) is 11.5 Å². The number of anilines is 1. The molecule has 1 aliphatic rings. The third kappa shape index (κ3) is 4.65. The van der Waals surface area contributed by atoms with Gasteiger partial charge in [-0.3, -0.25) is 9.48 Å². The molecular weight excluding hydrogens is 450 g/mol. The summed E-state index contributed by atoms with van der Waals surface area (Å²) in [6, 6.07) is 16.0. The van der Waals surface area contributed by atoms with E-state index < -0.39 is 0 Å². The number of benzene rings is 2. The highest BCUT2D eigenvalue weighted by Gasteiger charge is 2.21. The average molecular weight is 484 g/mol. The maximum atomic E-state index is 12.7. The lowest BCUT2D eigenvalue weighted by molar-refractivity contribution is 0.0954. The van der Waals surface area contributed by atoms with Gasteiger partial charge < -0.3 is 14.6 Å². The molecule has 7 heteroatoms. The molecule has 7 nitrogen and oxygen atoms in total. The molecule has 2 aromatic carbocycles. The Morgan fingerprint density at radius 2 is 1.86 bits per heavy atom. The summed E-state index contributed by atoms with van der Waals surface area (Å²) in [5.74, 6) is 1.32. The number of rotatable bonds is 8. The van der Waals surface area contributed by atoms with Crippen molar-refractivity contribution in [1.29, 1.82) is 0 Å². The van der Waals surface area contributed by atoms with Gasteiger partial charge in [0.25, 0.3) is 5.91 Å². The third-order valence-corrected chi connectivity index (χ3v) is 7.10. The molecule has 36 heavy (non-hydrogen) atoms. The summed E-state index contributed by atoms with van der Waals surface area (Å²) in [7, 11) is 0. The lowest BCUT2D eigenvalue weighted by Gasteiger charge is -2.17. The molecule has 1 N–H and O–H groups in total. The Hall–Kier alpha value is -3.87. The van der Waals surface area contributed by atoms with Crippen molar-refractivity contribution in [3.05, 3.63) is 88.1 Å². The second-order valence-corrected chi connectivity index (χ2v) is 9.37. The van der Waals surface area contributed by atoms with Crippen molar-refractivity contribution < 1.29 is 9.21 Å². The SMILES string of the molecule is CCn1nc(C)c(CCNC(=O)c2ccc(-c3nc(CN4CCc5ccccc54)c(C)o3)cc2)c1C. The summed E-state index contributed by atoms with van der Waals surface area (Å²) in [4.78, 5) is 19.8. The molecule has 186 valence electrons. The van der Waals surface area contributed by atoms with Crippen LogP contribution in [0.15, 0.2) is 52.9 Å². The van der Waals surface area contributed by atoms with E-state index in [9.17, 15) is 4.79 Å². The van der Waals surface area contributed by atoms with Crippen LogP contribution in [0.5, 0.6) is 0 Å². The van der Waals surface area contributed by atoms with E-state index in [2.05, 4.69) is 53.4 Å². The normalized spacial score (nSPS) is 12.7. The van der Waals surface area contributed by atoms with Crippen molar-refractivity contribution >= 4 is 11.6 Å². The number of amides is 1. The topological polar surface area (TPSA) is 76.2 Å². The Kier molecular flexibility index (Phi) is 6.63. The van der Waals surface area contributed by atoms with Gasteiger partial charge >= 0.3 is 0 Å². The quantitative estimate of drug-likeness (QED) is 0.381. The summed E-state index contributed by atoms with van der Waals surface area (Å²) in [5, 5.41) is 7.59. The maximum Gasteiger partial charge on any atom is 0.251 e. The van der Waals surface area contributed by atoms with Crippen molar-refractivity contribution in [2.45, 2.75) is 53.6 Å². The second kappa shape index (κ2) is 10.0. The fourth-order valence-electron chi connectivity index (χ4n) is 5.02. The number of carbonyl (C=O) groups is 1. The number of fused-ring (bicyclic) bond motifs is 1. The summed E-state index contributed by atoms with van der Waals surface area (Å²) in [5.41, 5.74) is 8.50. The van der Waals surface area contributed by atoms with Gasteiger partial charge in [-0.2, -0.15) is 5.10 Å². The van der Waals surface area contributed by atoms with E-state index in [1.165, 1.54) is 22.5 Å².